The molecule has 0 saturated carbocycles. The highest BCUT2D eigenvalue weighted by atomic mass is 127. The quantitative estimate of drug-likeness (QED) is 0.320. The van der Waals surface area contributed by atoms with Gasteiger partial charge in [0.1, 0.15) is 0 Å². The molecule has 144 valence electrons. The molecule has 5 nitrogen and oxygen atoms in total. The third kappa shape index (κ3) is 10.0. The van der Waals surface area contributed by atoms with E-state index in [1.54, 1.807) is 0 Å². The van der Waals surface area contributed by atoms with E-state index in [9.17, 15) is 0 Å². The van der Waals surface area contributed by atoms with Gasteiger partial charge in [0.25, 0.3) is 0 Å². The van der Waals surface area contributed by atoms with E-state index in [4.69, 9.17) is 9.73 Å². The number of guanidine groups is 1. The molecule has 1 aliphatic rings. The van der Waals surface area contributed by atoms with Gasteiger partial charge in [-0.2, -0.15) is 0 Å². The van der Waals surface area contributed by atoms with Crippen LogP contribution in [0.3, 0.4) is 0 Å². The molecule has 0 amide bonds. The number of piperidine rings is 1. The molecule has 1 fully saturated rings. The molecule has 0 aromatic rings. The molecular weight excluding hydrogens is 415 g/mol. The van der Waals surface area contributed by atoms with Crippen LogP contribution in [0.1, 0.15) is 47.0 Å². The van der Waals surface area contributed by atoms with Crippen LogP contribution in [-0.4, -0.2) is 63.3 Å². The van der Waals surface area contributed by atoms with Crippen molar-refractivity contribution in [3.8, 4) is 0 Å². The summed E-state index contributed by atoms with van der Waals surface area (Å²) >= 11 is 0. The summed E-state index contributed by atoms with van der Waals surface area (Å²) in [5.41, 5.74) is 0. The molecule has 1 rings (SSSR count). The highest BCUT2D eigenvalue weighted by Crippen LogP contribution is 2.15. The summed E-state index contributed by atoms with van der Waals surface area (Å²) in [6.07, 6.45) is 3.93. The highest BCUT2D eigenvalue weighted by molar-refractivity contribution is 14.0. The Hall–Kier alpha value is -0.0800. The minimum Gasteiger partial charge on any atom is -0.378 e. The molecule has 2 N–H and O–H groups in total. The molecule has 24 heavy (non-hydrogen) atoms. The van der Waals surface area contributed by atoms with Crippen LogP contribution in [0.15, 0.2) is 4.99 Å². The maximum atomic E-state index is 5.81. The average molecular weight is 454 g/mol. The first kappa shape index (κ1) is 23.9. The molecule has 0 bridgehead atoms. The largest absolute Gasteiger partial charge is 0.378 e. The van der Waals surface area contributed by atoms with E-state index in [-0.39, 0.29) is 24.0 Å². The Morgan fingerprint density at radius 3 is 2.62 bits per heavy atom. The van der Waals surface area contributed by atoms with E-state index in [1.807, 2.05) is 0 Å². The second kappa shape index (κ2) is 14.1. The lowest BCUT2D eigenvalue weighted by molar-refractivity contribution is 0.0258. The number of likely N-dealkylation sites (tertiary alicyclic amines) is 1. The number of hydrogen-bond acceptors (Lipinski definition) is 3. The first-order valence-electron chi connectivity index (χ1n) is 9.39. The van der Waals surface area contributed by atoms with Crippen molar-refractivity contribution >= 4 is 29.9 Å². The van der Waals surface area contributed by atoms with Crippen LogP contribution in [0.25, 0.3) is 0 Å². The Morgan fingerprint density at radius 2 is 2.04 bits per heavy atom. The van der Waals surface area contributed by atoms with Crippen molar-refractivity contribution in [1.82, 2.24) is 15.5 Å². The summed E-state index contributed by atoms with van der Waals surface area (Å²) < 4.78 is 5.81. The molecule has 0 radical (unpaired) electrons. The molecule has 0 aliphatic carbocycles. The fraction of sp³-hybridized carbons (Fsp3) is 0.944. The van der Waals surface area contributed by atoms with Gasteiger partial charge < -0.3 is 20.3 Å². The van der Waals surface area contributed by atoms with Crippen LogP contribution >= 0.6 is 24.0 Å². The Bertz CT molecular complexity index is 339. The van der Waals surface area contributed by atoms with Crippen LogP contribution < -0.4 is 10.6 Å². The standard InChI is InChI=1S/C18H38N4O.HI/c1-6-19-18(20-11-10-17(15(3)4)23-7-2)21-13-16-9-8-12-22(5)14-16;/h15-17H,6-14H2,1-5H3,(H2,19,20,21);1H. The van der Waals surface area contributed by atoms with E-state index >= 15 is 0 Å². The number of nitrogens with zero attached hydrogens (tertiary/aromatic N) is 2. The predicted molar refractivity (Wildman–Crippen MR) is 114 cm³/mol. The Kier molecular flexibility index (Phi) is 14.1. The predicted octanol–water partition coefficient (Wildman–Crippen LogP) is 2.95. The van der Waals surface area contributed by atoms with Crippen molar-refractivity contribution in [2.24, 2.45) is 16.8 Å². The van der Waals surface area contributed by atoms with Gasteiger partial charge >= 0.3 is 0 Å². The number of halogens is 1. The molecule has 0 aromatic carbocycles. The summed E-state index contributed by atoms with van der Waals surface area (Å²) in [6.45, 7) is 14.5. The minimum absolute atomic E-state index is 0. The molecule has 1 saturated heterocycles. The van der Waals surface area contributed by atoms with Gasteiger partial charge in [-0.25, -0.2) is 0 Å². The van der Waals surface area contributed by atoms with E-state index in [0.29, 0.717) is 17.9 Å². The summed E-state index contributed by atoms with van der Waals surface area (Å²) in [4.78, 5) is 7.20. The summed E-state index contributed by atoms with van der Waals surface area (Å²) in [5.74, 6) is 2.19. The van der Waals surface area contributed by atoms with E-state index < -0.39 is 0 Å². The van der Waals surface area contributed by atoms with E-state index in [1.165, 1.54) is 25.9 Å². The molecule has 6 heteroatoms. The Morgan fingerprint density at radius 1 is 1.29 bits per heavy atom. The minimum atomic E-state index is 0. The highest BCUT2D eigenvalue weighted by Gasteiger charge is 2.17. The van der Waals surface area contributed by atoms with Gasteiger partial charge in [0.15, 0.2) is 5.96 Å². The van der Waals surface area contributed by atoms with Crippen molar-refractivity contribution in [3.63, 3.8) is 0 Å². The lowest BCUT2D eigenvalue weighted by Crippen LogP contribution is -2.40. The number of nitrogens with one attached hydrogen (secondary N) is 2. The van der Waals surface area contributed by atoms with E-state index in [0.717, 1.165) is 38.6 Å². The molecule has 0 spiro atoms. The average Bonchev–Trinajstić information content (AvgIpc) is 2.51. The van der Waals surface area contributed by atoms with Crippen LogP contribution in [0.2, 0.25) is 0 Å². The SMILES string of the molecule is CCNC(=NCC1CCCN(C)C1)NCCC(OCC)C(C)C.I. The number of ether oxygens (including phenoxy) is 1. The fourth-order valence-corrected chi connectivity index (χ4v) is 3.14. The topological polar surface area (TPSA) is 48.9 Å². The molecule has 1 heterocycles. The number of rotatable bonds is 9. The molecule has 0 aromatic heterocycles. The van der Waals surface area contributed by atoms with Crippen molar-refractivity contribution in [2.75, 3.05) is 46.4 Å². The summed E-state index contributed by atoms with van der Waals surface area (Å²) in [7, 11) is 2.21. The molecule has 2 atom stereocenters. The summed E-state index contributed by atoms with van der Waals surface area (Å²) in [6, 6.07) is 0. The van der Waals surface area contributed by atoms with Crippen LogP contribution in [0, 0.1) is 11.8 Å². The monoisotopic (exact) mass is 454 g/mol. The molecular formula is C18H39IN4O. The zero-order valence-electron chi connectivity index (χ0n) is 16.3. The molecule has 2 unspecified atom stereocenters. The first-order chi connectivity index (χ1) is 11.1. The lowest BCUT2D eigenvalue weighted by Gasteiger charge is -2.28. The van der Waals surface area contributed by atoms with Crippen LogP contribution in [-0.2, 0) is 4.74 Å². The van der Waals surface area contributed by atoms with Gasteiger partial charge in [-0.3, -0.25) is 4.99 Å². The van der Waals surface area contributed by atoms with Gasteiger partial charge in [-0.1, -0.05) is 13.8 Å². The maximum absolute atomic E-state index is 5.81. The normalized spacial score (nSPS) is 20.6. The van der Waals surface area contributed by atoms with Crippen LogP contribution in [0.5, 0.6) is 0 Å². The van der Waals surface area contributed by atoms with Crippen molar-refractivity contribution in [1.29, 1.82) is 0 Å². The van der Waals surface area contributed by atoms with Gasteiger partial charge in [0.2, 0.25) is 0 Å². The van der Waals surface area contributed by atoms with Gasteiger partial charge in [0, 0.05) is 32.8 Å². The maximum Gasteiger partial charge on any atom is 0.191 e. The van der Waals surface area contributed by atoms with E-state index in [2.05, 4.69) is 50.3 Å². The van der Waals surface area contributed by atoms with Gasteiger partial charge in [-0.15, -0.1) is 24.0 Å². The second-order valence-electron chi connectivity index (χ2n) is 6.94. The zero-order valence-corrected chi connectivity index (χ0v) is 18.6. The van der Waals surface area contributed by atoms with Crippen molar-refractivity contribution in [3.05, 3.63) is 0 Å². The second-order valence-corrected chi connectivity index (χ2v) is 6.94. The number of hydrogen-bond donors (Lipinski definition) is 2. The third-order valence-electron chi connectivity index (χ3n) is 4.42. The van der Waals surface area contributed by atoms with Gasteiger partial charge in [-0.05, 0) is 58.5 Å². The van der Waals surface area contributed by atoms with Crippen molar-refractivity contribution < 1.29 is 4.74 Å². The fourth-order valence-electron chi connectivity index (χ4n) is 3.14. The van der Waals surface area contributed by atoms with Crippen LogP contribution in [0.4, 0.5) is 0 Å². The lowest BCUT2D eigenvalue weighted by atomic mass is 9.99. The third-order valence-corrected chi connectivity index (χ3v) is 4.42. The smallest absolute Gasteiger partial charge is 0.191 e. The Balaban J connectivity index is 0.00000529. The first-order valence-corrected chi connectivity index (χ1v) is 9.39. The zero-order chi connectivity index (χ0) is 17.1. The Labute approximate surface area is 166 Å². The number of aliphatic imine (C=N–C) groups is 1. The van der Waals surface area contributed by atoms with Gasteiger partial charge in [0.05, 0.1) is 6.10 Å². The van der Waals surface area contributed by atoms with Crippen molar-refractivity contribution in [2.45, 2.75) is 53.1 Å². The molecule has 1 aliphatic heterocycles. The summed E-state index contributed by atoms with van der Waals surface area (Å²) in [5, 5.41) is 6.81.